The molecule has 0 aromatic heterocycles. The lowest BCUT2D eigenvalue weighted by Crippen LogP contribution is -2.45. The maximum absolute atomic E-state index is 12.0. The van der Waals surface area contributed by atoms with Crippen molar-refractivity contribution in [2.75, 3.05) is 13.7 Å². The molecule has 0 saturated heterocycles. The molecule has 0 spiro atoms. The molecule has 0 heterocycles. The Bertz CT molecular complexity index is 529. The number of sulfonamides is 1. The number of carbonyl (C=O) groups excluding carboxylic acids is 1. The van der Waals surface area contributed by atoms with Gasteiger partial charge in [-0.15, -0.1) is 0 Å². The van der Waals surface area contributed by atoms with E-state index >= 15 is 0 Å². The fourth-order valence-corrected chi connectivity index (χ4v) is 2.85. The zero-order valence-corrected chi connectivity index (χ0v) is 12.3. The van der Waals surface area contributed by atoms with Crippen molar-refractivity contribution in [3.63, 3.8) is 0 Å². The highest BCUT2D eigenvalue weighted by molar-refractivity contribution is 7.90. The summed E-state index contributed by atoms with van der Waals surface area (Å²) in [4.78, 5) is 11.3. The lowest BCUT2D eigenvalue weighted by molar-refractivity contribution is -0.139. The minimum atomic E-state index is -3.89. The number of benzene rings is 1. The van der Waals surface area contributed by atoms with Gasteiger partial charge in [-0.3, -0.25) is 4.79 Å². The molecule has 0 radical (unpaired) electrons. The van der Waals surface area contributed by atoms with E-state index in [0.29, 0.717) is 6.42 Å². The fraction of sp³-hybridized carbons (Fsp3) is 0.462. The molecular weight excluding hydrogens is 282 g/mol. The molecule has 0 bridgehead atoms. The van der Waals surface area contributed by atoms with Gasteiger partial charge in [0, 0.05) is 6.04 Å². The summed E-state index contributed by atoms with van der Waals surface area (Å²) in [7, 11) is -2.76. The topological polar surface area (TPSA) is 92.7 Å². The van der Waals surface area contributed by atoms with Gasteiger partial charge in [-0.05, 0) is 18.9 Å². The van der Waals surface area contributed by atoms with Crippen molar-refractivity contribution in [1.29, 1.82) is 0 Å². The number of esters is 1. The molecule has 2 N–H and O–H groups in total. The van der Waals surface area contributed by atoms with E-state index < -0.39 is 27.3 Å². The van der Waals surface area contributed by atoms with E-state index in [-0.39, 0.29) is 6.61 Å². The number of aliphatic hydroxyl groups excluding tert-OH is 1. The van der Waals surface area contributed by atoms with Crippen LogP contribution >= 0.6 is 0 Å². The predicted octanol–water partition coefficient (Wildman–Crippen LogP) is 0.0709. The first-order valence-corrected chi connectivity index (χ1v) is 7.69. The van der Waals surface area contributed by atoms with E-state index in [0.717, 1.165) is 12.7 Å². The van der Waals surface area contributed by atoms with Crippen LogP contribution in [0.4, 0.5) is 0 Å². The van der Waals surface area contributed by atoms with E-state index in [1.807, 2.05) is 30.3 Å². The zero-order valence-electron chi connectivity index (χ0n) is 11.4. The third kappa shape index (κ3) is 4.59. The number of nitrogens with one attached hydrogen (secondary N) is 1. The summed E-state index contributed by atoms with van der Waals surface area (Å²) in [5.41, 5.74) is 0.889. The maximum Gasteiger partial charge on any atom is 0.325 e. The molecule has 0 fully saturated rings. The monoisotopic (exact) mass is 301 g/mol. The van der Waals surface area contributed by atoms with E-state index in [2.05, 4.69) is 9.46 Å². The van der Waals surface area contributed by atoms with Gasteiger partial charge in [0.25, 0.3) is 0 Å². The Hall–Kier alpha value is -1.44. The lowest BCUT2D eigenvalue weighted by Gasteiger charge is -2.19. The Morgan fingerprint density at radius 3 is 2.45 bits per heavy atom. The first kappa shape index (κ1) is 16.6. The largest absolute Gasteiger partial charge is 0.468 e. The number of hydrogen-bond donors (Lipinski definition) is 2. The smallest absolute Gasteiger partial charge is 0.325 e. The van der Waals surface area contributed by atoms with Gasteiger partial charge in [0.15, 0.2) is 5.25 Å². The lowest BCUT2D eigenvalue weighted by atomic mass is 10.1. The van der Waals surface area contributed by atoms with Crippen molar-refractivity contribution in [3.05, 3.63) is 35.9 Å². The third-order valence-electron chi connectivity index (χ3n) is 2.87. The van der Waals surface area contributed by atoms with Crippen LogP contribution in [0.15, 0.2) is 30.3 Å². The Labute approximate surface area is 118 Å². The molecule has 2 atom stereocenters. The molecule has 112 valence electrons. The average Bonchev–Trinajstić information content (AvgIpc) is 2.45. The van der Waals surface area contributed by atoms with Gasteiger partial charge < -0.3 is 9.84 Å². The molecule has 20 heavy (non-hydrogen) atoms. The molecule has 0 aliphatic heterocycles. The summed E-state index contributed by atoms with van der Waals surface area (Å²) < 4.78 is 30.7. The highest BCUT2D eigenvalue weighted by Gasteiger charge is 2.30. The summed E-state index contributed by atoms with van der Waals surface area (Å²) in [6.45, 7) is 0.882. The minimum absolute atomic E-state index is 0.338. The van der Waals surface area contributed by atoms with Gasteiger partial charge in [-0.2, -0.15) is 0 Å². The van der Waals surface area contributed by atoms with Crippen molar-refractivity contribution in [2.45, 2.75) is 24.6 Å². The van der Waals surface area contributed by atoms with Gasteiger partial charge in [0.1, 0.15) is 0 Å². The molecule has 0 saturated carbocycles. The first-order chi connectivity index (χ1) is 9.40. The molecule has 1 aromatic rings. The predicted molar refractivity (Wildman–Crippen MR) is 74.6 cm³/mol. The normalized spacial score (nSPS) is 14.6. The van der Waals surface area contributed by atoms with Gasteiger partial charge in [0.2, 0.25) is 10.0 Å². The molecule has 1 aromatic carbocycles. The molecular formula is C13H19NO5S. The summed E-state index contributed by atoms with van der Waals surface area (Å²) in [5.74, 6) is -0.839. The van der Waals surface area contributed by atoms with Crippen molar-refractivity contribution >= 4 is 16.0 Å². The van der Waals surface area contributed by atoms with Crippen LogP contribution < -0.4 is 4.72 Å². The Morgan fingerprint density at radius 1 is 1.35 bits per heavy atom. The SMILES string of the molecule is COC(=O)C(C)S(=O)(=O)NC(CO)Cc1ccccc1. The Balaban J connectivity index is 2.75. The van der Waals surface area contributed by atoms with Gasteiger partial charge in [-0.1, -0.05) is 30.3 Å². The second-order valence-corrected chi connectivity index (χ2v) is 6.43. The van der Waals surface area contributed by atoms with Crippen molar-refractivity contribution in [1.82, 2.24) is 4.72 Å². The van der Waals surface area contributed by atoms with Gasteiger partial charge >= 0.3 is 5.97 Å². The summed E-state index contributed by atoms with van der Waals surface area (Å²) in [5, 5.41) is 7.96. The molecule has 1 rings (SSSR count). The summed E-state index contributed by atoms with van der Waals surface area (Å²) in [6, 6.07) is 8.49. The molecule has 2 unspecified atom stereocenters. The van der Waals surface area contributed by atoms with Crippen LogP contribution in [-0.4, -0.2) is 44.5 Å². The number of aliphatic hydroxyl groups is 1. The zero-order chi connectivity index (χ0) is 15.2. The van der Waals surface area contributed by atoms with Crippen LogP contribution in [0, 0.1) is 0 Å². The van der Waals surface area contributed by atoms with Gasteiger partial charge in [-0.25, -0.2) is 13.1 Å². The van der Waals surface area contributed by atoms with E-state index in [9.17, 15) is 18.3 Å². The molecule has 0 amide bonds. The number of carbonyl (C=O) groups is 1. The average molecular weight is 301 g/mol. The summed E-state index contributed by atoms with van der Waals surface area (Å²) >= 11 is 0. The second kappa shape index (κ2) is 7.37. The number of methoxy groups -OCH3 is 1. The van der Waals surface area contributed by atoms with Crippen LogP contribution in [0.5, 0.6) is 0 Å². The fourth-order valence-electron chi connectivity index (χ4n) is 1.67. The van der Waals surface area contributed by atoms with Gasteiger partial charge in [0.05, 0.1) is 13.7 Å². The highest BCUT2D eigenvalue weighted by atomic mass is 32.2. The van der Waals surface area contributed by atoms with Crippen molar-refractivity contribution in [3.8, 4) is 0 Å². The number of ether oxygens (including phenoxy) is 1. The van der Waals surface area contributed by atoms with Crippen LogP contribution in [0.2, 0.25) is 0 Å². The van der Waals surface area contributed by atoms with E-state index in [1.54, 1.807) is 0 Å². The third-order valence-corrected chi connectivity index (χ3v) is 4.66. The molecule has 0 aliphatic carbocycles. The van der Waals surface area contributed by atoms with Crippen molar-refractivity contribution in [2.24, 2.45) is 0 Å². The maximum atomic E-state index is 12.0. The highest BCUT2D eigenvalue weighted by Crippen LogP contribution is 2.07. The van der Waals surface area contributed by atoms with E-state index in [1.165, 1.54) is 6.92 Å². The molecule has 0 aliphatic rings. The Morgan fingerprint density at radius 2 is 1.95 bits per heavy atom. The number of hydrogen-bond acceptors (Lipinski definition) is 5. The standard InChI is InChI=1S/C13H19NO5S/c1-10(13(16)19-2)20(17,18)14-12(9-15)8-11-6-4-3-5-7-11/h3-7,10,12,14-15H,8-9H2,1-2H3. The van der Waals surface area contributed by atoms with Crippen LogP contribution in [0.1, 0.15) is 12.5 Å². The van der Waals surface area contributed by atoms with Crippen LogP contribution in [0.3, 0.4) is 0 Å². The van der Waals surface area contributed by atoms with E-state index in [4.69, 9.17) is 0 Å². The van der Waals surface area contributed by atoms with Crippen LogP contribution in [-0.2, 0) is 26.0 Å². The van der Waals surface area contributed by atoms with Crippen LogP contribution in [0.25, 0.3) is 0 Å². The quantitative estimate of drug-likeness (QED) is 0.695. The van der Waals surface area contributed by atoms with Crippen molar-refractivity contribution < 1.29 is 23.1 Å². The number of rotatable bonds is 7. The Kier molecular flexibility index (Phi) is 6.12. The first-order valence-electron chi connectivity index (χ1n) is 6.14. The minimum Gasteiger partial charge on any atom is -0.468 e. The summed E-state index contributed by atoms with van der Waals surface area (Å²) in [6.07, 6.45) is 0.338. The molecule has 7 heteroatoms. The molecule has 6 nitrogen and oxygen atoms in total. The second-order valence-electron chi connectivity index (χ2n) is 4.40.